The molecule has 0 radical (unpaired) electrons. The highest BCUT2D eigenvalue weighted by Gasteiger charge is 2.25. The van der Waals surface area contributed by atoms with Crippen molar-refractivity contribution in [2.24, 2.45) is 5.92 Å². The van der Waals surface area contributed by atoms with E-state index in [0.717, 1.165) is 30.8 Å². The third kappa shape index (κ3) is 7.04. The van der Waals surface area contributed by atoms with Crippen molar-refractivity contribution < 1.29 is 14.4 Å². The standard InChI is InChI=1S/C21H30N6O3/c1-14(2)12-18(20(29)27(3)13-22)26-19(28)15-4-6-16(7-5-15)24-21(30)25-17-8-10-23-11-9-17/h4-7,14,17-18,23H,8-12H2,1-3H3,(H,26,28)(H2,24,25,30). The summed E-state index contributed by atoms with van der Waals surface area (Å²) in [6, 6.07) is 5.53. The Labute approximate surface area is 177 Å². The number of rotatable bonds is 7. The van der Waals surface area contributed by atoms with E-state index >= 15 is 0 Å². The molecule has 1 fully saturated rings. The van der Waals surface area contributed by atoms with E-state index in [1.165, 1.54) is 7.05 Å². The number of benzene rings is 1. The van der Waals surface area contributed by atoms with E-state index in [0.29, 0.717) is 17.7 Å². The molecule has 162 valence electrons. The van der Waals surface area contributed by atoms with Crippen molar-refractivity contribution in [2.75, 3.05) is 25.5 Å². The zero-order valence-corrected chi connectivity index (χ0v) is 17.7. The first kappa shape index (κ1) is 23.2. The van der Waals surface area contributed by atoms with Gasteiger partial charge in [-0.2, -0.15) is 5.26 Å². The summed E-state index contributed by atoms with van der Waals surface area (Å²) in [6.45, 7) is 5.65. The minimum absolute atomic E-state index is 0.151. The van der Waals surface area contributed by atoms with Crippen LogP contribution in [0.1, 0.15) is 43.5 Å². The first-order valence-electron chi connectivity index (χ1n) is 10.2. The molecule has 1 heterocycles. The highest BCUT2D eigenvalue weighted by molar-refractivity contribution is 5.98. The van der Waals surface area contributed by atoms with Crippen molar-refractivity contribution in [3.05, 3.63) is 29.8 Å². The lowest BCUT2D eigenvalue weighted by molar-refractivity contribution is -0.129. The second-order valence-corrected chi connectivity index (χ2v) is 7.85. The van der Waals surface area contributed by atoms with Gasteiger partial charge >= 0.3 is 6.03 Å². The van der Waals surface area contributed by atoms with Crippen LogP contribution in [0.25, 0.3) is 0 Å². The van der Waals surface area contributed by atoms with Crippen LogP contribution in [0, 0.1) is 17.4 Å². The number of hydrogen-bond acceptors (Lipinski definition) is 5. The highest BCUT2D eigenvalue weighted by atomic mass is 16.2. The van der Waals surface area contributed by atoms with E-state index in [2.05, 4.69) is 21.3 Å². The summed E-state index contributed by atoms with van der Waals surface area (Å²) in [4.78, 5) is 38.0. The molecule has 1 aliphatic heterocycles. The molecule has 1 unspecified atom stereocenters. The minimum atomic E-state index is -0.782. The molecule has 4 N–H and O–H groups in total. The summed E-state index contributed by atoms with van der Waals surface area (Å²) in [5, 5.41) is 20.6. The van der Waals surface area contributed by atoms with Gasteiger partial charge in [-0.05, 0) is 62.5 Å². The number of urea groups is 1. The van der Waals surface area contributed by atoms with E-state index in [1.807, 2.05) is 13.8 Å². The van der Waals surface area contributed by atoms with Gasteiger partial charge in [0.1, 0.15) is 6.04 Å². The second-order valence-electron chi connectivity index (χ2n) is 7.85. The van der Waals surface area contributed by atoms with Crippen molar-refractivity contribution in [3.63, 3.8) is 0 Å². The molecular formula is C21H30N6O3. The number of carbonyl (C=O) groups is 3. The summed E-state index contributed by atoms with van der Waals surface area (Å²) in [5.41, 5.74) is 0.928. The van der Waals surface area contributed by atoms with Crippen LogP contribution in [0.15, 0.2) is 24.3 Å². The van der Waals surface area contributed by atoms with E-state index in [-0.39, 0.29) is 18.0 Å². The summed E-state index contributed by atoms with van der Waals surface area (Å²) in [5.74, 6) is -0.699. The predicted molar refractivity (Wildman–Crippen MR) is 114 cm³/mol. The third-order valence-electron chi connectivity index (χ3n) is 4.87. The molecule has 30 heavy (non-hydrogen) atoms. The van der Waals surface area contributed by atoms with Gasteiger partial charge in [-0.25, -0.2) is 4.79 Å². The number of hydrogen-bond donors (Lipinski definition) is 4. The molecule has 2 rings (SSSR count). The molecule has 0 spiro atoms. The van der Waals surface area contributed by atoms with Gasteiger partial charge in [0.05, 0.1) is 0 Å². The molecule has 1 atom stereocenters. The SMILES string of the molecule is CC(C)CC(NC(=O)c1ccc(NC(=O)NC2CCNCC2)cc1)C(=O)N(C)C#N. The monoisotopic (exact) mass is 414 g/mol. The number of piperidine rings is 1. The Morgan fingerprint density at radius 1 is 1.20 bits per heavy atom. The lowest BCUT2D eigenvalue weighted by Crippen LogP contribution is -2.46. The highest BCUT2D eigenvalue weighted by Crippen LogP contribution is 2.12. The average molecular weight is 415 g/mol. The first-order valence-corrected chi connectivity index (χ1v) is 10.2. The molecule has 9 heteroatoms. The lowest BCUT2D eigenvalue weighted by Gasteiger charge is -2.23. The Hall–Kier alpha value is -3.12. The molecule has 0 saturated carbocycles. The zero-order chi connectivity index (χ0) is 22.1. The summed E-state index contributed by atoms with van der Waals surface area (Å²) >= 11 is 0. The molecule has 1 aromatic rings. The Morgan fingerprint density at radius 2 is 1.83 bits per heavy atom. The molecule has 9 nitrogen and oxygen atoms in total. The summed E-state index contributed by atoms with van der Waals surface area (Å²) in [7, 11) is 1.37. The maximum Gasteiger partial charge on any atom is 0.319 e. The summed E-state index contributed by atoms with van der Waals surface area (Å²) in [6.07, 6.45) is 3.98. The van der Waals surface area contributed by atoms with Gasteiger partial charge in [0.2, 0.25) is 0 Å². The smallest absolute Gasteiger partial charge is 0.319 e. The Morgan fingerprint density at radius 3 is 2.40 bits per heavy atom. The van der Waals surface area contributed by atoms with Gasteiger partial charge in [-0.15, -0.1) is 0 Å². The van der Waals surface area contributed by atoms with Gasteiger partial charge < -0.3 is 21.3 Å². The van der Waals surface area contributed by atoms with E-state index < -0.39 is 17.9 Å². The fraction of sp³-hybridized carbons (Fsp3) is 0.524. The van der Waals surface area contributed by atoms with Crippen LogP contribution in [-0.4, -0.2) is 55.0 Å². The number of anilines is 1. The number of nitrogens with one attached hydrogen (secondary N) is 4. The fourth-order valence-corrected chi connectivity index (χ4v) is 3.24. The van der Waals surface area contributed by atoms with Crippen LogP contribution in [0.4, 0.5) is 10.5 Å². The van der Waals surface area contributed by atoms with Crippen LogP contribution in [0.3, 0.4) is 0 Å². The third-order valence-corrected chi connectivity index (χ3v) is 4.87. The van der Waals surface area contributed by atoms with E-state index in [4.69, 9.17) is 5.26 Å². The number of nitrogens with zero attached hydrogens (tertiary/aromatic N) is 2. The number of amides is 4. The van der Waals surface area contributed by atoms with E-state index in [9.17, 15) is 14.4 Å². The fourth-order valence-electron chi connectivity index (χ4n) is 3.24. The first-order chi connectivity index (χ1) is 14.3. The Balaban J connectivity index is 1.94. The molecule has 1 aliphatic rings. The van der Waals surface area contributed by atoms with Crippen molar-refractivity contribution in [1.29, 1.82) is 5.26 Å². The zero-order valence-electron chi connectivity index (χ0n) is 17.7. The van der Waals surface area contributed by atoms with Gasteiger partial charge in [-0.3, -0.25) is 14.5 Å². The molecule has 0 bridgehead atoms. The van der Waals surface area contributed by atoms with Crippen LogP contribution in [0.5, 0.6) is 0 Å². The Bertz CT molecular complexity index is 781. The van der Waals surface area contributed by atoms with Crippen LogP contribution < -0.4 is 21.3 Å². The average Bonchev–Trinajstić information content (AvgIpc) is 2.72. The van der Waals surface area contributed by atoms with E-state index in [1.54, 1.807) is 30.5 Å². The lowest BCUT2D eigenvalue weighted by atomic mass is 10.0. The largest absolute Gasteiger partial charge is 0.340 e. The topological polar surface area (TPSA) is 126 Å². The minimum Gasteiger partial charge on any atom is -0.340 e. The van der Waals surface area contributed by atoms with Gasteiger partial charge in [0, 0.05) is 24.3 Å². The normalized spacial score (nSPS) is 15.0. The van der Waals surface area contributed by atoms with Crippen LogP contribution in [0.2, 0.25) is 0 Å². The van der Waals surface area contributed by atoms with Crippen molar-refractivity contribution in [2.45, 2.75) is 45.2 Å². The molecule has 0 aliphatic carbocycles. The van der Waals surface area contributed by atoms with Crippen molar-refractivity contribution in [3.8, 4) is 6.19 Å². The van der Waals surface area contributed by atoms with Crippen LogP contribution in [-0.2, 0) is 4.79 Å². The van der Waals surface area contributed by atoms with Crippen LogP contribution >= 0.6 is 0 Å². The quantitative estimate of drug-likeness (QED) is 0.399. The van der Waals surface area contributed by atoms with Gasteiger partial charge in [0.15, 0.2) is 6.19 Å². The maximum absolute atomic E-state index is 12.6. The Kier molecular flexibility index (Phi) is 8.62. The molecular weight excluding hydrogens is 384 g/mol. The number of likely N-dealkylation sites (N-methyl/N-ethyl adjacent to an activating group) is 1. The van der Waals surface area contributed by atoms with Gasteiger partial charge in [0.25, 0.3) is 11.8 Å². The van der Waals surface area contributed by atoms with Crippen molar-refractivity contribution >= 4 is 23.5 Å². The molecule has 1 aromatic carbocycles. The maximum atomic E-state index is 12.6. The molecule has 1 saturated heterocycles. The van der Waals surface area contributed by atoms with Gasteiger partial charge in [-0.1, -0.05) is 13.8 Å². The molecule has 4 amide bonds. The van der Waals surface area contributed by atoms with Crippen molar-refractivity contribution in [1.82, 2.24) is 20.9 Å². The summed E-state index contributed by atoms with van der Waals surface area (Å²) < 4.78 is 0. The number of carbonyl (C=O) groups excluding carboxylic acids is 3. The predicted octanol–water partition coefficient (Wildman–Crippen LogP) is 1.64. The number of nitriles is 1. The molecule has 0 aromatic heterocycles. The second kappa shape index (κ2) is 11.2.